The molecule has 2 heterocycles. The van der Waals surface area contributed by atoms with E-state index in [1.54, 1.807) is 12.3 Å². The highest BCUT2D eigenvalue weighted by molar-refractivity contribution is 5.96. The van der Waals surface area contributed by atoms with E-state index in [4.69, 9.17) is 0 Å². The fourth-order valence-corrected chi connectivity index (χ4v) is 2.77. The van der Waals surface area contributed by atoms with Crippen LogP contribution in [0.1, 0.15) is 27.9 Å². The number of aryl methyl sites for hydroxylation is 2. The summed E-state index contributed by atoms with van der Waals surface area (Å²) in [6.07, 6.45) is 3.71. The van der Waals surface area contributed by atoms with E-state index in [1.807, 2.05) is 30.0 Å². The average molecular weight is 268 g/mol. The molecule has 20 heavy (non-hydrogen) atoms. The van der Waals surface area contributed by atoms with Crippen LogP contribution in [0.2, 0.25) is 0 Å². The van der Waals surface area contributed by atoms with Crippen LogP contribution in [0.25, 0.3) is 0 Å². The van der Waals surface area contributed by atoms with Gasteiger partial charge in [0.2, 0.25) is 0 Å². The quantitative estimate of drug-likeness (QED) is 0.909. The van der Waals surface area contributed by atoms with E-state index < -0.39 is 5.97 Å². The third kappa shape index (κ3) is 2.03. The van der Waals surface area contributed by atoms with Crippen molar-refractivity contribution in [3.63, 3.8) is 0 Å². The summed E-state index contributed by atoms with van der Waals surface area (Å²) in [7, 11) is 0. The minimum Gasteiger partial charge on any atom is -0.478 e. The van der Waals surface area contributed by atoms with Gasteiger partial charge in [0.1, 0.15) is 11.4 Å². The third-order valence-corrected chi connectivity index (χ3v) is 3.72. The molecule has 102 valence electrons. The van der Waals surface area contributed by atoms with E-state index in [1.165, 1.54) is 5.56 Å². The van der Waals surface area contributed by atoms with Gasteiger partial charge in [-0.3, -0.25) is 0 Å². The lowest BCUT2D eigenvalue weighted by molar-refractivity contribution is 0.0696. The van der Waals surface area contributed by atoms with Crippen LogP contribution in [0, 0.1) is 6.92 Å². The molecule has 1 aromatic heterocycles. The summed E-state index contributed by atoms with van der Waals surface area (Å²) in [5, 5.41) is 9.46. The summed E-state index contributed by atoms with van der Waals surface area (Å²) in [4.78, 5) is 17.9. The average Bonchev–Trinajstić information content (AvgIpc) is 2.46. The van der Waals surface area contributed by atoms with E-state index in [-0.39, 0.29) is 0 Å². The summed E-state index contributed by atoms with van der Waals surface area (Å²) in [5.41, 5.74) is 3.35. The molecule has 0 aliphatic carbocycles. The SMILES string of the molecule is Cc1ccnc(N2CCCc3ccccc32)c1C(=O)O. The first-order valence-electron chi connectivity index (χ1n) is 6.73. The van der Waals surface area contributed by atoms with Gasteiger partial charge < -0.3 is 10.0 Å². The van der Waals surface area contributed by atoms with Gasteiger partial charge in [0.25, 0.3) is 0 Å². The summed E-state index contributed by atoms with van der Waals surface area (Å²) >= 11 is 0. The Hall–Kier alpha value is -2.36. The van der Waals surface area contributed by atoms with Crippen LogP contribution in [0.3, 0.4) is 0 Å². The second-order valence-corrected chi connectivity index (χ2v) is 5.02. The van der Waals surface area contributed by atoms with Gasteiger partial charge in [-0.25, -0.2) is 9.78 Å². The van der Waals surface area contributed by atoms with Crippen molar-refractivity contribution in [3.05, 3.63) is 53.2 Å². The molecule has 3 rings (SSSR count). The molecular formula is C16H16N2O2. The number of anilines is 2. The van der Waals surface area contributed by atoms with Crippen LogP contribution in [0.4, 0.5) is 11.5 Å². The molecule has 0 spiro atoms. The number of benzene rings is 1. The van der Waals surface area contributed by atoms with Gasteiger partial charge in [0.05, 0.1) is 0 Å². The lowest BCUT2D eigenvalue weighted by atomic mass is 10.0. The first kappa shape index (κ1) is 12.7. The maximum atomic E-state index is 11.5. The predicted octanol–water partition coefficient (Wildman–Crippen LogP) is 3.17. The van der Waals surface area contributed by atoms with Crippen molar-refractivity contribution in [2.24, 2.45) is 0 Å². The monoisotopic (exact) mass is 268 g/mol. The van der Waals surface area contributed by atoms with E-state index in [2.05, 4.69) is 11.1 Å². The van der Waals surface area contributed by atoms with Gasteiger partial charge in [-0.15, -0.1) is 0 Å². The second kappa shape index (κ2) is 4.96. The third-order valence-electron chi connectivity index (χ3n) is 3.72. The van der Waals surface area contributed by atoms with Crippen molar-refractivity contribution in [1.29, 1.82) is 0 Å². The van der Waals surface area contributed by atoms with Crippen LogP contribution in [-0.2, 0) is 6.42 Å². The Bertz CT molecular complexity index is 667. The van der Waals surface area contributed by atoms with Crippen molar-refractivity contribution in [2.75, 3.05) is 11.4 Å². The van der Waals surface area contributed by atoms with E-state index in [9.17, 15) is 9.90 Å². The Morgan fingerprint density at radius 1 is 1.30 bits per heavy atom. The predicted molar refractivity (Wildman–Crippen MR) is 77.7 cm³/mol. The molecule has 0 saturated carbocycles. The molecule has 1 aliphatic heterocycles. The summed E-state index contributed by atoms with van der Waals surface area (Å²) in [6.45, 7) is 2.61. The summed E-state index contributed by atoms with van der Waals surface area (Å²) in [6, 6.07) is 9.86. The molecule has 0 amide bonds. The summed E-state index contributed by atoms with van der Waals surface area (Å²) in [5.74, 6) is -0.377. The Kier molecular flexibility index (Phi) is 3.14. The van der Waals surface area contributed by atoms with Gasteiger partial charge >= 0.3 is 5.97 Å². The van der Waals surface area contributed by atoms with Gasteiger partial charge in [0.15, 0.2) is 0 Å². The molecule has 0 bridgehead atoms. The van der Waals surface area contributed by atoms with E-state index >= 15 is 0 Å². The summed E-state index contributed by atoms with van der Waals surface area (Å²) < 4.78 is 0. The molecule has 1 N–H and O–H groups in total. The minimum atomic E-state index is -0.923. The zero-order valence-corrected chi connectivity index (χ0v) is 11.3. The molecule has 0 saturated heterocycles. The van der Waals surface area contributed by atoms with Gasteiger partial charge in [-0.1, -0.05) is 18.2 Å². The maximum absolute atomic E-state index is 11.5. The number of carboxylic acid groups (broad SMARTS) is 1. The first-order valence-corrected chi connectivity index (χ1v) is 6.73. The minimum absolute atomic E-state index is 0.296. The topological polar surface area (TPSA) is 53.4 Å². The van der Waals surface area contributed by atoms with E-state index in [0.29, 0.717) is 11.4 Å². The van der Waals surface area contributed by atoms with Crippen molar-refractivity contribution >= 4 is 17.5 Å². The number of hydrogen-bond acceptors (Lipinski definition) is 3. The first-order chi connectivity index (χ1) is 9.68. The molecule has 0 radical (unpaired) electrons. The number of aromatic carboxylic acids is 1. The molecular weight excluding hydrogens is 252 g/mol. The zero-order chi connectivity index (χ0) is 14.1. The molecule has 4 heteroatoms. The maximum Gasteiger partial charge on any atom is 0.339 e. The Morgan fingerprint density at radius 2 is 2.10 bits per heavy atom. The molecule has 0 atom stereocenters. The van der Waals surface area contributed by atoms with Gasteiger partial charge in [-0.2, -0.15) is 0 Å². The molecule has 1 aliphatic rings. The number of nitrogens with zero attached hydrogens (tertiary/aromatic N) is 2. The van der Waals surface area contributed by atoms with Crippen LogP contribution in [0.5, 0.6) is 0 Å². The van der Waals surface area contributed by atoms with Crippen LogP contribution < -0.4 is 4.90 Å². The van der Waals surface area contributed by atoms with Crippen molar-refractivity contribution in [2.45, 2.75) is 19.8 Å². The number of carbonyl (C=O) groups is 1. The van der Waals surface area contributed by atoms with Gasteiger partial charge in [-0.05, 0) is 43.0 Å². The van der Waals surface area contributed by atoms with Crippen LogP contribution >= 0.6 is 0 Å². The molecule has 4 nitrogen and oxygen atoms in total. The Balaban J connectivity index is 2.16. The fraction of sp³-hybridized carbons (Fsp3) is 0.250. The lowest BCUT2D eigenvalue weighted by Crippen LogP contribution is -2.27. The number of pyridine rings is 1. The highest BCUT2D eigenvalue weighted by atomic mass is 16.4. The normalized spacial score (nSPS) is 13.9. The number of hydrogen-bond donors (Lipinski definition) is 1. The highest BCUT2D eigenvalue weighted by Gasteiger charge is 2.24. The van der Waals surface area contributed by atoms with Crippen molar-refractivity contribution < 1.29 is 9.90 Å². The van der Waals surface area contributed by atoms with Crippen molar-refractivity contribution in [1.82, 2.24) is 4.98 Å². The number of aromatic nitrogens is 1. The van der Waals surface area contributed by atoms with Crippen LogP contribution in [0.15, 0.2) is 36.5 Å². The Morgan fingerprint density at radius 3 is 2.90 bits per heavy atom. The molecule has 0 fully saturated rings. The largest absolute Gasteiger partial charge is 0.478 e. The van der Waals surface area contributed by atoms with Crippen molar-refractivity contribution in [3.8, 4) is 0 Å². The number of fused-ring (bicyclic) bond motifs is 1. The van der Waals surface area contributed by atoms with Crippen LogP contribution in [-0.4, -0.2) is 22.6 Å². The highest BCUT2D eigenvalue weighted by Crippen LogP contribution is 2.34. The molecule has 1 aromatic carbocycles. The fourth-order valence-electron chi connectivity index (χ4n) is 2.77. The number of carboxylic acids is 1. The zero-order valence-electron chi connectivity index (χ0n) is 11.3. The molecule has 2 aromatic rings. The van der Waals surface area contributed by atoms with Gasteiger partial charge in [0, 0.05) is 18.4 Å². The smallest absolute Gasteiger partial charge is 0.339 e. The number of rotatable bonds is 2. The number of para-hydroxylation sites is 1. The Labute approximate surface area is 117 Å². The lowest BCUT2D eigenvalue weighted by Gasteiger charge is -2.31. The standard InChI is InChI=1S/C16H16N2O2/c1-11-8-9-17-15(14(11)16(19)20)18-10-4-6-12-5-2-3-7-13(12)18/h2-3,5,7-9H,4,6,10H2,1H3,(H,19,20). The second-order valence-electron chi connectivity index (χ2n) is 5.02. The molecule has 0 unspecified atom stereocenters. The van der Waals surface area contributed by atoms with E-state index in [0.717, 1.165) is 30.6 Å².